The molecule has 0 unspecified atom stereocenters. The molecule has 128 valence electrons. The Balaban J connectivity index is 1.73. The minimum atomic E-state index is 0.130. The van der Waals surface area contributed by atoms with Gasteiger partial charge in [-0.1, -0.05) is 45.0 Å². The molecule has 0 bridgehead atoms. The maximum atomic E-state index is 12.1. The normalized spacial score (nSPS) is 19.6. The second kappa shape index (κ2) is 7.93. The van der Waals surface area contributed by atoms with E-state index in [2.05, 4.69) is 67.5 Å². The fourth-order valence-corrected chi connectivity index (χ4v) is 2.88. The van der Waals surface area contributed by atoms with Gasteiger partial charge in [0.1, 0.15) is 0 Å². The van der Waals surface area contributed by atoms with Crippen molar-refractivity contribution in [3.05, 3.63) is 35.4 Å². The van der Waals surface area contributed by atoms with E-state index in [9.17, 15) is 4.79 Å². The molecule has 0 radical (unpaired) electrons. The summed E-state index contributed by atoms with van der Waals surface area (Å²) in [5.74, 6) is 0.130. The zero-order valence-electron chi connectivity index (χ0n) is 15.0. The first-order chi connectivity index (χ1) is 10.9. The van der Waals surface area contributed by atoms with Gasteiger partial charge in [-0.2, -0.15) is 0 Å². The molecule has 0 saturated carbocycles. The monoisotopic (exact) mass is 317 g/mol. The number of benzene rings is 1. The molecule has 4 nitrogen and oxygen atoms in total. The van der Waals surface area contributed by atoms with Crippen molar-refractivity contribution >= 4 is 5.91 Å². The van der Waals surface area contributed by atoms with Gasteiger partial charge in [0.05, 0.1) is 6.54 Å². The molecule has 1 saturated heterocycles. The maximum absolute atomic E-state index is 12.1. The highest BCUT2D eigenvalue weighted by atomic mass is 16.2. The Hall–Kier alpha value is -1.39. The quantitative estimate of drug-likeness (QED) is 0.872. The van der Waals surface area contributed by atoms with Gasteiger partial charge >= 0.3 is 0 Å². The molecule has 4 heteroatoms. The average Bonchev–Trinajstić information content (AvgIpc) is 2.49. The van der Waals surface area contributed by atoms with E-state index in [0.717, 1.165) is 26.1 Å². The molecule has 1 aromatic rings. The fraction of sp³-hybridized carbons (Fsp3) is 0.632. The molecule has 2 N–H and O–H groups in total. The lowest BCUT2D eigenvalue weighted by molar-refractivity contribution is -0.122. The fourth-order valence-electron chi connectivity index (χ4n) is 2.88. The van der Waals surface area contributed by atoms with Crippen molar-refractivity contribution < 1.29 is 4.79 Å². The Morgan fingerprint density at radius 3 is 2.61 bits per heavy atom. The molecule has 1 fully saturated rings. The average molecular weight is 317 g/mol. The summed E-state index contributed by atoms with van der Waals surface area (Å²) in [6.07, 6.45) is 0.882. The van der Waals surface area contributed by atoms with Crippen LogP contribution < -0.4 is 10.6 Å². The molecule has 1 atom stereocenters. The molecule has 2 rings (SSSR count). The largest absolute Gasteiger partial charge is 0.355 e. The van der Waals surface area contributed by atoms with Gasteiger partial charge in [0.2, 0.25) is 5.91 Å². The van der Waals surface area contributed by atoms with Gasteiger partial charge in [-0.15, -0.1) is 0 Å². The van der Waals surface area contributed by atoms with Crippen molar-refractivity contribution in [3.63, 3.8) is 0 Å². The van der Waals surface area contributed by atoms with E-state index in [0.29, 0.717) is 19.1 Å². The van der Waals surface area contributed by atoms with Crippen LogP contribution in [-0.4, -0.2) is 49.6 Å². The Labute approximate surface area is 140 Å². The lowest BCUT2D eigenvalue weighted by Gasteiger charge is -2.33. The van der Waals surface area contributed by atoms with Gasteiger partial charge in [0.25, 0.3) is 0 Å². The zero-order valence-corrected chi connectivity index (χ0v) is 15.0. The van der Waals surface area contributed by atoms with E-state index in [1.165, 1.54) is 11.1 Å². The third-order valence-electron chi connectivity index (χ3n) is 4.54. The summed E-state index contributed by atoms with van der Waals surface area (Å²) in [5, 5.41) is 6.39. The van der Waals surface area contributed by atoms with E-state index in [1.807, 2.05) is 0 Å². The van der Waals surface area contributed by atoms with Crippen molar-refractivity contribution in [1.82, 2.24) is 15.5 Å². The molecule has 0 aliphatic carbocycles. The van der Waals surface area contributed by atoms with Gasteiger partial charge in [-0.25, -0.2) is 0 Å². The predicted molar refractivity (Wildman–Crippen MR) is 95.8 cm³/mol. The van der Waals surface area contributed by atoms with Crippen LogP contribution in [0.1, 0.15) is 38.8 Å². The first-order valence-corrected chi connectivity index (χ1v) is 8.67. The second-order valence-corrected chi connectivity index (χ2v) is 7.57. The first-order valence-electron chi connectivity index (χ1n) is 8.67. The summed E-state index contributed by atoms with van der Waals surface area (Å²) in [6.45, 7) is 12.9. The van der Waals surface area contributed by atoms with E-state index in [4.69, 9.17) is 0 Å². The van der Waals surface area contributed by atoms with Gasteiger partial charge in [0.15, 0.2) is 0 Å². The number of carbonyl (C=O) groups is 1. The van der Waals surface area contributed by atoms with Crippen LogP contribution in [0.15, 0.2) is 24.3 Å². The van der Waals surface area contributed by atoms with E-state index in [-0.39, 0.29) is 11.3 Å². The number of hydrogen-bond donors (Lipinski definition) is 2. The molecule has 1 amide bonds. The second-order valence-electron chi connectivity index (χ2n) is 7.57. The summed E-state index contributed by atoms with van der Waals surface area (Å²) in [4.78, 5) is 14.3. The van der Waals surface area contributed by atoms with E-state index in [1.54, 1.807) is 0 Å². The minimum Gasteiger partial charge on any atom is -0.355 e. The highest BCUT2D eigenvalue weighted by Gasteiger charge is 2.19. The SMILES string of the molecule is C[C@@H]1CNCCN1CC(=O)NCCc1ccc(C(C)(C)C)cc1. The zero-order chi connectivity index (χ0) is 16.9. The molecular formula is C19H31N3O. The molecule has 1 aliphatic rings. The van der Waals surface area contributed by atoms with Gasteiger partial charge in [-0.3, -0.25) is 9.69 Å². The van der Waals surface area contributed by atoms with Gasteiger partial charge in [-0.05, 0) is 29.9 Å². The third kappa shape index (κ3) is 5.63. The lowest BCUT2D eigenvalue weighted by Crippen LogP contribution is -2.52. The van der Waals surface area contributed by atoms with Crippen molar-refractivity contribution in [2.45, 2.75) is 45.6 Å². The maximum Gasteiger partial charge on any atom is 0.234 e. The van der Waals surface area contributed by atoms with Gasteiger partial charge in [0, 0.05) is 32.2 Å². The highest BCUT2D eigenvalue weighted by molar-refractivity contribution is 5.78. The minimum absolute atomic E-state index is 0.130. The summed E-state index contributed by atoms with van der Waals surface area (Å²) in [5.41, 5.74) is 2.80. The standard InChI is InChI=1S/C19H31N3O/c1-15-13-20-11-12-22(15)14-18(23)21-10-9-16-5-7-17(8-6-16)19(2,3)4/h5-8,15,20H,9-14H2,1-4H3,(H,21,23)/t15-/m1/s1. The van der Waals surface area contributed by atoms with Crippen molar-refractivity contribution in [2.24, 2.45) is 0 Å². The van der Waals surface area contributed by atoms with Crippen LogP contribution in [0.5, 0.6) is 0 Å². The number of piperazine rings is 1. The summed E-state index contributed by atoms with van der Waals surface area (Å²) < 4.78 is 0. The summed E-state index contributed by atoms with van der Waals surface area (Å²) >= 11 is 0. The van der Waals surface area contributed by atoms with Crippen LogP contribution in [0.4, 0.5) is 0 Å². The van der Waals surface area contributed by atoms with Crippen LogP contribution in [0, 0.1) is 0 Å². The Morgan fingerprint density at radius 1 is 1.30 bits per heavy atom. The number of rotatable bonds is 5. The summed E-state index contributed by atoms with van der Waals surface area (Å²) in [7, 11) is 0. The third-order valence-corrected chi connectivity index (χ3v) is 4.54. The topological polar surface area (TPSA) is 44.4 Å². The number of hydrogen-bond acceptors (Lipinski definition) is 3. The van der Waals surface area contributed by atoms with Crippen molar-refractivity contribution in [2.75, 3.05) is 32.7 Å². The number of amides is 1. The van der Waals surface area contributed by atoms with E-state index >= 15 is 0 Å². The molecular weight excluding hydrogens is 286 g/mol. The number of nitrogens with one attached hydrogen (secondary N) is 2. The highest BCUT2D eigenvalue weighted by Crippen LogP contribution is 2.22. The molecule has 23 heavy (non-hydrogen) atoms. The van der Waals surface area contributed by atoms with Crippen molar-refractivity contribution in [3.8, 4) is 0 Å². The van der Waals surface area contributed by atoms with Crippen LogP contribution in [-0.2, 0) is 16.6 Å². The van der Waals surface area contributed by atoms with E-state index < -0.39 is 0 Å². The lowest BCUT2D eigenvalue weighted by atomic mass is 9.86. The summed E-state index contributed by atoms with van der Waals surface area (Å²) in [6, 6.07) is 9.16. The Bertz CT molecular complexity index is 504. The van der Waals surface area contributed by atoms with Crippen LogP contribution in [0.2, 0.25) is 0 Å². The smallest absolute Gasteiger partial charge is 0.234 e. The first kappa shape index (κ1) is 18.0. The molecule has 1 aromatic carbocycles. The Morgan fingerprint density at radius 2 is 2.00 bits per heavy atom. The Kier molecular flexibility index (Phi) is 6.19. The van der Waals surface area contributed by atoms with Crippen LogP contribution >= 0.6 is 0 Å². The number of carbonyl (C=O) groups excluding carboxylic acids is 1. The van der Waals surface area contributed by atoms with Gasteiger partial charge < -0.3 is 10.6 Å². The molecule has 1 aliphatic heterocycles. The van der Waals surface area contributed by atoms with Crippen LogP contribution in [0.3, 0.4) is 0 Å². The molecule has 1 heterocycles. The predicted octanol–water partition coefficient (Wildman–Crippen LogP) is 1.94. The number of nitrogens with zero attached hydrogens (tertiary/aromatic N) is 1. The molecule has 0 spiro atoms. The molecule has 0 aromatic heterocycles. The van der Waals surface area contributed by atoms with Crippen LogP contribution in [0.25, 0.3) is 0 Å². The van der Waals surface area contributed by atoms with Crippen molar-refractivity contribution in [1.29, 1.82) is 0 Å².